The molecule has 1 fully saturated rings. The van der Waals surface area contributed by atoms with Gasteiger partial charge in [-0.05, 0) is 54.7 Å². The molecule has 138 valence electrons. The van der Waals surface area contributed by atoms with E-state index in [1.54, 1.807) is 0 Å². The molecule has 0 aliphatic carbocycles. The number of hydrogen-bond acceptors (Lipinski definition) is 6. The second-order valence-electron chi connectivity index (χ2n) is 6.37. The van der Waals surface area contributed by atoms with Gasteiger partial charge in [-0.15, -0.1) is 0 Å². The third-order valence-corrected chi connectivity index (χ3v) is 4.63. The number of ether oxygens (including phenoxy) is 1. The molecule has 2 aromatic rings. The summed E-state index contributed by atoms with van der Waals surface area (Å²) in [6.45, 7) is 1.98. The van der Waals surface area contributed by atoms with E-state index in [0.717, 1.165) is 24.2 Å². The lowest BCUT2D eigenvalue weighted by Gasteiger charge is -2.28. The zero-order valence-corrected chi connectivity index (χ0v) is 14.8. The number of rotatable bonds is 6. The summed E-state index contributed by atoms with van der Waals surface area (Å²) < 4.78 is 5.50. The average Bonchev–Trinajstić information content (AvgIpc) is 2.70. The zero-order valence-electron chi connectivity index (χ0n) is 14.8. The summed E-state index contributed by atoms with van der Waals surface area (Å²) >= 11 is 0. The van der Waals surface area contributed by atoms with Crippen LogP contribution in [0.2, 0.25) is 0 Å². The van der Waals surface area contributed by atoms with Crippen molar-refractivity contribution >= 4 is 5.69 Å². The van der Waals surface area contributed by atoms with Gasteiger partial charge in [-0.1, -0.05) is 24.3 Å². The Morgan fingerprint density at radius 3 is 2.08 bits per heavy atom. The Kier molecular flexibility index (Phi) is 5.99. The number of nitrogens with one attached hydrogen (secondary N) is 1. The van der Waals surface area contributed by atoms with E-state index in [0.29, 0.717) is 5.75 Å². The van der Waals surface area contributed by atoms with Gasteiger partial charge in [0.1, 0.15) is 11.4 Å². The Hall–Kier alpha value is -2.70. The first-order valence-corrected chi connectivity index (χ1v) is 8.90. The van der Waals surface area contributed by atoms with Crippen molar-refractivity contribution in [1.29, 1.82) is 0 Å². The number of anilines is 1. The highest BCUT2D eigenvalue weighted by atomic mass is 16.5. The molecule has 6 heteroatoms. The van der Waals surface area contributed by atoms with Crippen LogP contribution in [0, 0.1) is 0 Å². The molecule has 0 radical (unpaired) electrons. The Morgan fingerprint density at radius 2 is 1.54 bits per heavy atom. The monoisotopic (exact) mass is 354 g/mol. The Morgan fingerprint density at radius 1 is 0.962 bits per heavy atom. The van der Waals surface area contributed by atoms with E-state index in [2.05, 4.69) is 34.6 Å². The van der Waals surface area contributed by atoms with Crippen LogP contribution in [0.5, 0.6) is 5.75 Å². The minimum atomic E-state index is -0.316. The minimum absolute atomic E-state index is 0.0497. The van der Waals surface area contributed by atoms with Crippen molar-refractivity contribution in [2.24, 2.45) is 11.6 Å². The SMILES string of the molecule is NN/C(CO)=C(\N)Oc1ccc(-c2ccc(N3CCCCC3)cc2)cc1. The maximum Gasteiger partial charge on any atom is 0.213 e. The van der Waals surface area contributed by atoms with E-state index in [1.807, 2.05) is 24.3 Å². The second-order valence-corrected chi connectivity index (χ2v) is 6.37. The number of hydrazine groups is 1. The van der Waals surface area contributed by atoms with Gasteiger partial charge in [0.25, 0.3) is 0 Å². The number of benzene rings is 2. The van der Waals surface area contributed by atoms with Crippen LogP contribution in [0.15, 0.2) is 60.1 Å². The Balaban J connectivity index is 1.69. The third-order valence-electron chi connectivity index (χ3n) is 4.63. The van der Waals surface area contributed by atoms with Crippen molar-refractivity contribution in [3.63, 3.8) is 0 Å². The highest BCUT2D eigenvalue weighted by Crippen LogP contribution is 2.26. The normalized spacial score (nSPS) is 15.4. The van der Waals surface area contributed by atoms with Crippen LogP contribution >= 0.6 is 0 Å². The molecular formula is C20H26N4O2. The largest absolute Gasteiger partial charge is 0.440 e. The van der Waals surface area contributed by atoms with Crippen molar-refractivity contribution in [2.45, 2.75) is 19.3 Å². The van der Waals surface area contributed by atoms with Gasteiger partial charge < -0.3 is 25.9 Å². The molecule has 6 N–H and O–H groups in total. The number of piperidine rings is 1. The lowest BCUT2D eigenvalue weighted by Crippen LogP contribution is -2.29. The van der Waals surface area contributed by atoms with Gasteiger partial charge in [-0.2, -0.15) is 0 Å². The number of aliphatic hydroxyl groups is 1. The first-order chi connectivity index (χ1) is 12.7. The van der Waals surface area contributed by atoms with E-state index in [1.165, 1.54) is 24.9 Å². The minimum Gasteiger partial charge on any atom is -0.440 e. The van der Waals surface area contributed by atoms with Crippen LogP contribution in [0.4, 0.5) is 5.69 Å². The molecule has 3 rings (SSSR count). The highest BCUT2D eigenvalue weighted by Gasteiger charge is 2.11. The van der Waals surface area contributed by atoms with Gasteiger partial charge in [-0.3, -0.25) is 5.84 Å². The molecule has 2 aromatic carbocycles. The molecule has 0 spiro atoms. The highest BCUT2D eigenvalue weighted by molar-refractivity contribution is 5.67. The molecule has 1 aliphatic heterocycles. The number of hydrogen-bond donors (Lipinski definition) is 4. The molecule has 0 aromatic heterocycles. The lowest BCUT2D eigenvalue weighted by atomic mass is 10.0. The quantitative estimate of drug-likeness (QED) is 0.361. The standard InChI is InChI=1S/C20H26N4O2/c21-20(19(14-25)23-22)26-18-10-6-16(7-11-18)15-4-8-17(9-5-15)24-12-2-1-3-13-24/h4-11,23,25H,1-3,12-14,21-22H2/b20-19+. The van der Waals surface area contributed by atoms with E-state index in [4.69, 9.17) is 21.4 Å². The molecule has 0 amide bonds. The first-order valence-electron chi connectivity index (χ1n) is 8.90. The van der Waals surface area contributed by atoms with E-state index < -0.39 is 0 Å². The van der Waals surface area contributed by atoms with Gasteiger partial charge in [0.05, 0.1) is 6.61 Å². The van der Waals surface area contributed by atoms with Crippen LogP contribution < -0.4 is 26.6 Å². The number of aliphatic hydroxyl groups excluding tert-OH is 1. The molecular weight excluding hydrogens is 328 g/mol. The molecule has 26 heavy (non-hydrogen) atoms. The molecule has 1 heterocycles. The van der Waals surface area contributed by atoms with Crippen LogP contribution in [-0.4, -0.2) is 24.8 Å². The van der Waals surface area contributed by atoms with Crippen molar-refractivity contribution < 1.29 is 9.84 Å². The summed E-state index contributed by atoms with van der Waals surface area (Å²) in [6.07, 6.45) is 3.89. The van der Waals surface area contributed by atoms with Crippen molar-refractivity contribution in [1.82, 2.24) is 5.43 Å². The van der Waals surface area contributed by atoms with Crippen LogP contribution in [-0.2, 0) is 0 Å². The smallest absolute Gasteiger partial charge is 0.213 e. The second kappa shape index (κ2) is 8.60. The lowest BCUT2D eigenvalue weighted by molar-refractivity contribution is 0.305. The first kappa shape index (κ1) is 18.1. The maximum absolute atomic E-state index is 9.12. The van der Waals surface area contributed by atoms with Gasteiger partial charge in [0.2, 0.25) is 5.88 Å². The fourth-order valence-corrected chi connectivity index (χ4v) is 3.12. The molecule has 0 bridgehead atoms. The van der Waals surface area contributed by atoms with Crippen molar-refractivity contribution in [3.8, 4) is 16.9 Å². The fourth-order valence-electron chi connectivity index (χ4n) is 3.12. The van der Waals surface area contributed by atoms with Crippen LogP contribution in [0.25, 0.3) is 11.1 Å². The molecule has 0 unspecified atom stereocenters. The molecule has 6 nitrogen and oxygen atoms in total. The summed E-state index contributed by atoms with van der Waals surface area (Å²) in [5.41, 5.74) is 11.9. The van der Waals surface area contributed by atoms with Crippen LogP contribution in [0.1, 0.15) is 19.3 Å². The molecule has 0 saturated carbocycles. The molecule has 0 atom stereocenters. The summed E-state index contributed by atoms with van der Waals surface area (Å²) in [5.74, 6) is 5.90. The predicted molar refractivity (Wildman–Crippen MR) is 104 cm³/mol. The molecule has 1 saturated heterocycles. The van der Waals surface area contributed by atoms with Gasteiger partial charge in [0, 0.05) is 18.8 Å². The van der Waals surface area contributed by atoms with Gasteiger partial charge in [-0.25, -0.2) is 0 Å². The average molecular weight is 354 g/mol. The summed E-state index contributed by atoms with van der Waals surface area (Å²) in [6, 6.07) is 16.3. The topological polar surface area (TPSA) is 96.8 Å². The third kappa shape index (κ3) is 4.28. The van der Waals surface area contributed by atoms with Gasteiger partial charge in [0.15, 0.2) is 0 Å². The zero-order chi connectivity index (χ0) is 18.4. The van der Waals surface area contributed by atoms with E-state index in [9.17, 15) is 0 Å². The van der Waals surface area contributed by atoms with Crippen molar-refractivity contribution in [2.75, 3.05) is 24.6 Å². The predicted octanol–water partition coefficient (Wildman–Crippen LogP) is 2.31. The number of nitrogens with two attached hydrogens (primary N) is 2. The fraction of sp³-hybridized carbons (Fsp3) is 0.300. The summed E-state index contributed by atoms with van der Waals surface area (Å²) in [4.78, 5) is 2.45. The van der Waals surface area contributed by atoms with Crippen LogP contribution in [0.3, 0.4) is 0 Å². The van der Waals surface area contributed by atoms with E-state index >= 15 is 0 Å². The van der Waals surface area contributed by atoms with Gasteiger partial charge >= 0.3 is 0 Å². The summed E-state index contributed by atoms with van der Waals surface area (Å²) in [5, 5.41) is 9.12. The summed E-state index contributed by atoms with van der Waals surface area (Å²) in [7, 11) is 0. The van der Waals surface area contributed by atoms with E-state index in [-0.39, 0.29) is 18.2 Å². The Bertz CT molecular complexity index is 729. The Labute approximate surface area is 154 Å². The van der Waals surface area contributed by atoms with Crippen molar-refractivity contribution in [3.05, 3.63) is 60.1 Å². The molecule has 1 aliphatic rings. The number of nitrogens with zero attached hydrogens (tertiary/aromatic N) is 1. The maximum atomic E-state index is 9.12.